The second kappa shape index (κ2) is 7.97. The smallest absolute Gasteiger partial charge is 0.407 e. The average Bonchev–Trinajstić information content (AvgIpc) is 3.07. The zero-order chi connectivity index (χ0) is 16.9. The Labute approximate surface area is 137 Å². The van der Waals surface area contributed by atoms with Gasteiger partial charge in [-0.1, -0.05) is 0 Å². The highest BCUT2D eigenvalue weighted by Crippen LogP contribution is 2.14. The number of nitrogens with one attached hydrogen (secondary N) is 1. The van der Waals surface area contributed by atoms with Gasteiger partial charge in [-0.05, 0) is 40.0 Å². The first-order valence-corrected chi connectivity index (χ1v) is 8.30. The number of ether oxygens (including phenoxy) is 3. The van der Waals surface area contributed by atoms with Crippen molar-refractivity contribution in [1.82, 2.24) is 10.2 Å². The Kier molecular flexibility index (Phi) is 6.24. The summed E-state index contributed by atoms with van der Waals surface area (Å²) in [5, 5.41) is 2.81. The van der Waals surface area contributed by atoms with Crippen LogP contribution in [0.1, 0.15) is 40.0 Å². The zero-order valence-corrected chi connectivity index (χ0v) is 14.3. The fraction of sp³-hybridized carbons (Fsp3) is 0.875. The van der Waals surface area contributed by atoms with Gasteiger partial charge in [0.05, 0.1) is 18.8 Å². The number of nitrogens with zero attached hydrogens (tertiary/aromatic N) is 1. The topological polar surface area (TPSA) is 77.1 Å². The van der Waals surface area contributed by atoms with Crippen molar-refractivity contribution in [2.24, 2.45) is 0 Å². The van der Waals surface area contributed by atoms with Gasteiger partial charge in [-0.25, -0.2) is 4.79 Å². The monoisotopic (exact) mass is 328 g/mol. The van der Waals surface area contributed by atoms with Gasteiger partial charge in [0.25, 0.3) is 0 Å². The molecule has 0 aliphatic carbocycles. The molecule has 23 heavy (non-hydrogen) atoms. The number of rotatable bonds is 5. The minimum Gasteiger partial charge on any atom is -0.444 e. The van der Waals surface area contributed by atoms with Crippen LogP contribution in [0.15, 0.2) is 0 Å². The van der Waals surface area contributed by atoms with Gasteiger partial charge >= 0.3 is 6.09 Å². The van der Waals surface area contributed by atoms with Crippen LogP contribution in [-0.2, 0) is 19.0 Å². The van der Waals surface area contributed by atoms with Crippen molar-refractivity contribution in [1.29, 1.82) is 0 Å². The van der Waals surface area contributed by atoms with Gasteiger partial charge in [-0.2, -0.15) is 0 Å². The second-order valence-corrected chi connectivity index (χ2v) is 7.12. The fourth-order valence-corrected chi connectivity index (χ4v) is 2.72. The summed E-state index contributed by atoms with van der Waals surface area (Å²) in [6.45, 7) is 7.92. The molecule has 2 amide bonds. The Bertz CT molecular complexity index is 415. The van der Waals surface area contributed by atoms with Gasteiger partial charge in [0, 0.05) is 19.7 Å². The maximum absolute atomic E-state index is 12.1. The molecule has 0 spiro atoms. The van der Waals surface area contributed by atoms with Gasteiger partial charge in [-0.15, -0.1) is 0 Å². The van der Waals surface area contributed by atoms with E-state index >= 15 is 0 Å². The molecular weight excluding hydrogens is 300 g/mol. The number of likely N-dealkylation sites (tertiary alicyclic amines) is 1. The lowest BCUT2D eigenvalue weighted by molar-refractivity contribution is -0.136. The molecule has 2 aliphatic heterocycles. The van der Waals surface area contributed by atoms with Crippen molar-refractivity contribution in [3.05, 3.63) is 0 Å². The lowest BCUT2D eigenvalue weighted by atomic mass is 10.2. The number of carbonyl (C=O) groups is 2. The van der Waals surface area contributed by atoms with Gasteiger partial charge < -0.3 is 24.4 Å². The number of amides is 2. The highest BCUT2D eigenvalue weighted by atomic mass is 16.6. The van der Waals surface area contributed by atoms with Crippen molar-refractivity contribution in [3.8, 4) is 0 Å². The van der Waals surface area contributed by atoms with Crippen LogP contribution < -0.4 is 5.32 Å². The minimum atomic E-state index is -0.519. The molecule has 132 valence electrons. The molecule has 2 atom stereocenters. The molecule has 0 saturated carbocycles. The van der Waals surface area contributed by atoms with E-state index in [4.69, 9.17) is 14.2 Å². The minimum absolute atomic E-state index is 0.0449. The molecule has 7 heteroatoms. The lowest BCUT2D eigenvalue weighted by Crippen LogP contribution is -2.41. The molecule has 2 aliphatic rings. The Balaban J connectivity index is 1.63. The molecule has 0 aromatic rings. The molecule has 2 rings (SSSR count). The molecule has 2 saturated heterocycles. The largest absolute Gasteiger partial charge is 0.444 e. The summed E-state index contributed by atoms with van der Waals surface area (Å²) in [6.07, 6.45) is 2.48. The molecular formula is C16H28N2O5. The summed E-state index contributed by atoms with van der Waals surface area (Å²) in [7, 11) is 0. The summed E-state index contributed by atoms with van der Waals surface area (Å²) < 4.78 is 16.1. The Hall–Kier alpha value is -1.34. The average molecular weight is 328 g/mol. The fourth-order valence-electron chi connectivity index (χ4n) is 2.72. The molecule has 0 aromatic heterocycles. The van der Waals surface area contributed by atoms with Crippen LogP contribution >= 0.6 is 0 Å². The van der Waals surface area contributed by atoms with Crippen LogP contribution in [0.5, 0.6) is 0 Å². The van der Waals surface area contributed by atoms with Crippen molar-refractivity contribution in [2.45, 2.75) is 57.8 Å². The number of hydrogen-bond acceptors (Lipinski definition) is 5. The number of alkyl carbamates (subject to hydrolysis) is 1. The first-order chi connectivity index (χ1) is 10.8. The van der Waals surface area contributed by atoms with Crippen LogP contribution in [-0.4, -0.2) is 67.6 Å². The van der Waals surface area contributed by atoms with Gasteiger partial charge in [0.1, 0.15) is 12.2 Å². The Morgan fingerprint density at radius 2 is 2.09 bits per heavy atom. The molecule has 0 radical (unpaired) electrons. The van der Waals surface area contributed by atoms with Crippen LogP contribution in [0, 0.1) is 0 Å². The van der Waals surface area contributed by atoms with Crippen molar-refractivity contribution < 1.29 is 23.8 Å². The quantitative estimate of drug-likeness (QED) is 0.823. The third-order valence-corrected chi connectivity index (χ3v) is 3.82. The number of carbonyl (C=O) groups excluding carboxylic acids is 2. The first-order valence-electron chi connectivity index (χ1n) is 8.30. The summed E-state index contributed by atoms with van der Waals surface area (Å²) in [5.74, 6) is -0.0449. The van der Waals surface area contributed by atoms with E-state index in [9.17, 15) is 9.59 Å². The third kappa shape index (κ3) is 6.35. The summed E-state index contributed by atoms with van der Waals surface area (Å²) in [4.78, 5) is 25.6. The van der Waals surface area contributed by atoms with Crippen LogP contribution in [0.25, 0.3) is 0 Å². The predicted octanol–water partition coefficient (Wildman–Crippen LogP) is 1.31. The van der Waals surface area contributed by atoms with Crippen molar-refractivity contribution in [2.75, 3.05) is 32.9 Å². The van der Waals surface area contributed by atoms with E-state index in [1.54, 1.807) is 4.90 Å². The van der Waals surface area contributed by atoms with Crippen LogP contribution in [0.2, 0.25) is 0 Å². The predicted molar refractivity (Wildman–Crippen MR) is 84.1 cm³/mol. The van der Waals surface area contributed by atoms with E-state index in [1.165, 1.54) is 0 Å². The summed E-state index contributed by atoms with van der Waals surface area (Å²) >= 11 is 0. The van der Waals surface area contributed by atoms with Crippen LogP contribution in [0.4, 0.5) is 4.79 Å². The highest BCUT2D eigenvalue weighted by molar-refractivity contribution is 5.78. The van der Waals surface area contributed by atoms with E-state index in [0.717, 1.165) is 25.9 Å². The van der Waals surface area contributed by atoms with E-state index in [-0.39, 0.29) is 24.7 Å². The molecule has 7 nitrogen and oxygen atoms in total. The zero-order valence-electron chi connectivity index (χ0n) is 14.3. The SMILES string of the molecule is CC(C)(C)OC(=O)N[C@H]1CCN(C(=O)COC[C@@H]2CCCO2)C1. The molecule has 0 bridgehead atoms. The van der Waals surface area contributed by atoms with E-state index in [1.807, 2.05) is 20.8 Å². The molecule has 0 aromatic carbocycles. The Morgan fingerprint density at radius 3 is 2.74 bits per heavy atom. The maximum Gasteiger partial charge on any atom is 0.407 e. The summed E-state index contributed by atoms with van der Waals surface area (Å²) in [5.41, 5.74) is -0.519. The lowest BCUT2D eigenvalue weighted by Gasteiger charge is -2.22. The highest BCUT2D eigenvalue weighted by Gasteiger charge is 2.29. The second-order valence-electron chi connectivity index (χ2n) is 7.12. The molecule has 1 N–H and O–H groups in total. The van der Waals surface area contributed by atoms with Gasteiger partial charge in [0.2, 0.25) is 5.91 Å². The van der Waals surface area contributed by atoms with E-state index < -0.39 is 11.7 Å². The van der Waals surface area contributed by atoms with Gasteiger partial charge in [0.15, 0.2) is 0 Å². The molecule has 2 fully saturated rings. The normalized spacial score (nSPS) is 24.7. The number of hydrogen-bond donors (Lipinski definition) is 1. The third-order valence-electron chi connectivity index (χ3n) is 3.82. The molecule has 0 unspecified atom stereocenters. The van der Waals surface area contributed by atoms with Crippen molar-refractivity contribution >= 4 is 12.0 Å². The van der Waals surface area contributed by atoms with E-state index in [2.05, 4.69) is 5.32 Å². The van der Waals surface area contributed by atoms with Crippen LogP contribution in [0.3, 0.4) is 0 Å². The maximum atomic E-state index is 12.1. The standard InChI is InChI=1S/C16H28N2O5/c1-16(2,3)23-15(20)17-12-6-7-18(9-12)14(19)11-21-10-13-5-4-8-22-13/h12-13H,4-11H2,1-3H3,(H,17,20)/t12-,13-/m0/s1. The van der Waals surface area contributed by atoms with Crippen molar-refractivity contribution in [3.63, 3.8) is 0 Å². The summed E-state index contributed by atoms with van der Waals surface area (Å²) in [6, 6.07) is -0.0630. The molecule has 2 heterocycles. The first kappa shape index (κ1) is 18.0. The van der Waals surface area contributed by atoms with E-state index in [0.29, 0.717) is 19.7 Å². The van der Waals surface area contributed by atoms with Gasteiger partial charge in [-0.3, -0.25) is 4.79 Å². The Morgan fingerprint density at radius 1 is 1.30 bits per heavy atom.